The summed E-state index contributed by atoms with van der Waals surface area (Å²) in [5.41, 5.74) is 0.492. The number of non-ortho nitro benzene ring substituents is 1. The number of amides is 1. The van der Waals surface area contributed by atoms with Crippen molar-refractivity contribution < 1.29 is 19.6 Å². The van der Waals surface area contributed by atoms with Crippen molar-refractivity contribution in [1.82, 2.24) is 0 Å². The summed E-state index contributed by atoms with van der Waals surface area (Å²) >= 11 is 0. The monoisotopic (exact) mass is 278 g/mol. The van der Waals surface area contributed by atoms with Crippen molar-refractivity contribution in [2.75, 3.05) is 11.4 Å². The first-order chi connectivity index (χ1) is 9.45. The number of nitro groups is 1. The summed E-state index contributed by atoms with van der Waals surface area (Å²) in [7, 11) is 0. The first kappa shape index (κ1) is 14.0. The summed E-state index contributed by atoms with van der Waals surface area (Å²) < 4.78 is 0. The molecule has 0 saturated heterocycles. The van der Waals surface area contributed by atoms with Gasteiger partial charge in [-0.2, -0.15) is 0 Å². The van der Waals surface area contributed by atoms with E-state index in [2.05, 4.69) is 0 Å². The van der Waals surface area contributed by atoms with E-state index in [0.29, 0.717) is 18.7 Å². The number of carboxylic acid groups (broad SMARTS) is 1. The van der Waals surface area contributed by atoms with Crippen LogP contribution in [-0.4, -0.2) is 28.5 Å². The van der Waals surface area contributed by atoms with Crippen LogP contribution in [0.4, 0.5) is 11.4 Å². The van der Waals surface area contributed by atoms with Gasteiger partial charge in [0, 0.05) is 24.4 Å². The summed E-state index contributed by atoms with van der Waals surface area (Å²) in [6.45, 7) is 2.16. The molecule has 0 aliphatic heterocycles. The third kappa shape index (κ3) is 2.61. The summed E-state index contributed by atoms with van der Waals surface area (Å²) in [6.07, 6.45) is 0.359. The highest BCUT2D eigenvalue weighted by Crippen LogP contribution is 2.40. The lowest BCUT2D eigenvalue weighted by molar-refractivity contribution is -0.384. The van der Waals surface area contributed by atoms with Gasteiger partial charge in [-0.3, -0.25) is 19.7 Å². The van der Waals surface area contributed by atoms with E-state index in [0.717, 1.165) is 0 Å². The molecule has 1 N–H and O–H groups in total. The predicted octanol–water partition coefficient (Wildman–Crippen LogP) is 1.67. The largest absolute Gasteiger partial charge is 0.481 e. The first-order valence-corrected chi connectivity index (χ1v) is 6.24. The predicted molar refractivity (Wildman–Crippen MR) is 70.4 cm³/mol. The molecular formula is C13H14N2O5. The maximum Gasteiger partial charge on any atom is 0.307 e. The zero-order valence-corrected chi connectivity index (χ0v) is 10.9. The summed E-state index contributed by atoms with van der Waals surface area (Å²) in [4.78, 5) is 34.5. The van der Waals surface area contributed by atoms with Crippen LogP contribution in [0.3, 0.4) is 0 Å². The Morgan fingerprint density at radius 3 is 2.35 bits per heavy atom. The number of carboxylic acids is 1. The summed E-state index contributed by atoms with van der Waals surface area (Å²) in [5, 5.41) is 19.4. The summed E-state index contributed by atoms with van der Waals surface area (Å²) in [5.74, 6) is -2.28. The smallest absolute Gasteiger partial charge is 0.307 e. The van der Waals surface area contributed by atoms with Gasteiger partial charge < -0.3 is 10.0 Å². The SMILES string of the molecule is CCN(C(=O)C1CC1C(=O)O)c1ccc([N+](=O)[O-])cc1. The fourth-order valence-electron chi connectivity index (χ4n) is 2.16. The van der Waals surface area contributed by atoms with E-state index in [-0.39, 0.29) is 11.6 Å². The minimum absolute atomic E-state index is 0.0490. The molecule has 2 unspecified atom stereocenters. The molecule has 2 atom stereocenters. The zero-order valence-electron chi connectivity index (χ0n) is 10.9. The maximum atomic E-state index is 12.2. The molecule has 7 nitrogen and oxygen atoms in total. The number of anilines is 1. The van der Waals surface area contributed by atoms with Gasteiger partial charge in [-0.05, 0) is 25.5 Å². The standard InChI is InChI=1S/C13H14N2O5/c1-2-14(12(16)10-7-11(10)13(17)18)8-3-5-9(6-4-8)15(19)20/h3-6,10-11H,2,7H2,1H3,(H,17,18). The van der Waals surface area contributed by atoms with Gasteiger partial charge in [-0.15, -0.1) is 0 Å². The molecule has 1 fully saturated rings. The molecule has 106 valence electrons. The van der Waals surface area contributed by atoms with Gasteiger partial charge in [0.05, 0.1) is 16.8 Å². The number of carbonyl (C=O) groups excluding carboxylic acids is 1. The summed E-state index contributed by atoms with van der Waals surface area (Å²) in [6, 6.07) is 5.65. The van der Waals surface area contributed by atoms with Crippen LogP contribution in [0.15, 0.2) is 24.3 Å². The Kier molecular flexibility index (Phi) is 3.69. The molecule has 1 aromatic rings. The Morgan fingerprint density at radius 2 is 1.95 bits per heavy atom. The van der Waals surface area contributed by atoms with Crippen LogP contribution >= 0.6 is 0 Å². The molecule has 1 aliphatic rings. The number of hydrogen-bond donors (Lipinski definition) is 1. The highest BCUT2D eigenvalue weighted by molar-refractivity contribution is 6.00. The Balaban J connectivity index is 2.14. The van der Waals surface area contributed by atoms with Crippen LogP contribution in [0.5, 0.6) is 0 Å². The fraction of sp³-hybridized carbons (Fsp3) is 0.385. The average Bonchev–Trinajstić information content (AvgIpc) is 3.20. The maximum absolute atomic E-state index is 12.2. The first-order valence-electron chi connectivity index (χ1n) is 6.24. The van der Waals surface area contributed by atoms with Gasteiger partial charge in [-0.25, -0.2) is 0 Å². The average molecular weight is 278 g/mol. The molecule has 2 rings (SSSR count). The second-order valence-corrected chi connectivity index (χ2v) is 4.64. The lowest BCUT2D eigenvalue weighted by Gasteiger charge is -2.20. The van der Waals surface area contributed by atoms with Crippen molar-refractivity contribution in [3.8, 4) is 0 Å². The van der Waals surface area contributed by atoms with Crippen LogP contribution in [0.1, 0.15) is 13.3 Å². The van der Waals surface area contributed by atoms with Crippen molar-refractivity contribution in [2.45, 2.75) is 13.3 Å². The minimum atomic E-state index is -0.955. The Hall–Kier alpha value is -2.44. The number of rotatable bonds is 5. The lowest BCUT2D eigenvalue weighted by atomic mass is 10.2. The lowest BCUT2D eigenvalue weighted by Crippen LogP contribution is -2.32. The number of nitro benzene ring substituents is 1. The van der Waals surface area contributed by atoms with E-state index < -0.39 is 22.7 Å². The number of carbonyl (C=O) groups is 2. The van der Waals surface area contributed by atoms with Gasteiger partial charge in [0.1, 0.15) is 0 Å². The van der Waals surface area contributed by atoms with Gasteiger partial charge in [0.2, 0.25) is 5.91 Å². The van der Waals surface area contributed by atoms with Gasteiger partial charge in [-0.1, -0.05) is 0 Å². The second-order valence-electron chi connectivity index (χ2n) is 4.64. The van der Waals surface area contributed by atoms with Crippen LogP contribution in [0, 0.1) is 22.0 Å². The van der Waals surface area contributed by atoms with E-state index in [4.69, 9.17) is 5.11 Å². The molecule has 0 bridgehead atoms. The van der Waals surface area contributed by atoms with Crippen molar-refractivity contribution in [2.24, 2.45) is 11.8 Å². The molecule has 0 heterocycles. The van der Waals surface area contributed by atoms with Crippen molar-refractivity contribution in [3.05, 3.63) is 34.4 Å². The molecule has 7 heteroatoms. The Bertz CT molecular complexity index is 554. The number of aliphatic carboxylic acids is 1. The molecule has 1 aliphatic carbocycles. The van der Waals surface area contributed by atoms with Crippen LogP contribution in [0.25, 0.3) is 0 Å². The van der Waals surface area contributed by atoms with E-state index >= 15 is 0 Å². The quantitative estimate of drug-likeness (QED) is 0.652. The molecule has 1 saturated carbocycles. The number of hydrogen-bond acceptors (Lipinski definition) is 4. The Morgan fingerprint density at radius 1 is 1.35 bits per heavy atom. The molecule has 0 radical (unpaired) electrons. The van der Waals surface area contributed by atoms with Crippen LogP contribution in [-0.2, 0) is 9.59 Å². The topological polar surface area (TPSA) is 101 Å². The highest BCUT2D eigenvalue weighted by atomic mass is 16.6. The van der Waals surface area contributed by atoms with Crippen LogP contribution < -0.4 is 4.90 Å². The van der Waals surface area contributed by atoms with Gasteiger partial charge in [0.25, 0.3) is 5.69 Å². The normalized spacial score (nSPS) is 20.2. The second kappa shape index (κ2) is 5.28. The van der Waals surface area contributed by atoms with Crippen molar-refractivity contribution in [1.29, 1.82) is 0 Å². The highest BCUT2D eigenvalue weighted by Gasteiger charge is 2.49. The van der Waals surface area contributed by atoms with Crippen LogP contribution in [0.2, 0.25) is 0 Å². The van der Waals surface area contributed by atoms with E-state index in [9.17, 15) is 19.7 Å². The fourth-order valence-corrected chi connectivity index (χ4v) is 2.16. The number of benzene rings is 1. The molecule has 1 aromatic carbocycles. The minimum Gasteiger partial charge on any atom is -0.481 e. The van der Waals surface area contributed by atoms with E-state index in [1.807, 2.05) is 0 Å². The molecular weight excluding hydrogens is 264 g/mol. The third-order valence-corrected chi connectivity index (χ3v) is 3.38. The third-order valence-electron chi connectivity index (χ3n) is 3.38. The van der Waals surface area contributed by atoms with E-state index in [1.165, 1.54) is 29.2 Å². The molecule has 0 aromatic heterocycles. The van der Waals surface area contributed by atoms with Gasteiger partial charge >= 0.3 is 5.97 Å². The molecule has 0 spiro atoms. The zero-order chi connectivity index (χ0) is 14.9. The number of nitrogens with zero attached hydrogens (tertiary/aromatic N) is 2. The van der Waals surface area contributed by atoms with Crippen molar-refractivity contribution in [3.63, 3.8) is 0 Å². The van der Waals surface area contributed by atoms with E-state index in [1.54, 1.807) is 6.92 Å². The van der Waals surface area contributed by atoms with Gasteiger partial charge in [0.15, 0.2) is 0 Å². The molecule has 1 amide bonds. The van der Waals surface area contributed by atoms with Crippen molar-refractivity contribution >= 4 is 23.3 Å². The Labute approximate surface area is 115 Å². The molecule has 20 heavy (non-hydrogen) atoms.